The number of rotatable bonds is 2. The fourth-order valence-corrected chi connectivity index (χ4v) is 0. The molecule has 0 N–H and O–H groups in total. The van der Waals surface area contributed by atoms with Crippen LogP contribution in [0.25, 0.3) is 0 Å². The minimum absolute atomic E-state index is 0.219. The molecule has 0 aliphatic rings. The number of alkyl halides is 2. The van der Waals surface area contributed by atoms with E-state index in [9.17, 15) is 8.78 Å². The molecule has 0 radical (unpaired) electrons. The molecule has 0 aromatic heterocycles. The first-order chi connectivity index (χ1) is 5.83. The monoisotopic (exact) mass is 327 g/mol. The van der Waals surface area contributed by atoms with Gasteiger partial charge in [-0.25, -0.2) is 0 Å². The van der Waals surface area contributed by atoms with Crippen molar-refractivity contribution >= 4 is 0 Å². The second-order valence-corrected chi connectivity index (χ2v) is 1.82. The fraction of sp³-hybridized carbons (Fsp3) is 1.00. The zero-order valence-corrected chi connectivity index (χ0v) is 9.08. The van der Waals surface area contributed by atoms with Crippen molar-refractivity contribution in [2.24, 2.45) is 3.50 Å². The molecule has 0 fully saturated rings. The summed E-state index contributed by atoms with van der Waals surface area (Å²) in [5, 5.41) is 0. The Kier molecular flexibility index (Phi) is 35.7. The van der Waals surface area contributed by atoms with Gasteiger partial charge in [0, 0.05) is 1.37 Å². The summed E-state index contributed by atoms with van der Waals surface area (Å²) in [5.74, 6) is 0. The molecule has 1 nitrogen and oxygen atoms in total. The van der Waals surface area contributed by atoms with Crippen LogP contribution in [-0.4, -0.2) is 20.4 Å². The maximum atomic E-state index is 10.9. The average molecular weight is 327 g/mol. The zero-order valence-electron chi connectivity index (χ0n) is 8.15. The summed E-state index contributed by atoms with van der Waals surface area (Å²) >= 11 is 1.23. The Balaban J connectivity index is -0.000000112. The van der Waals surface area contributed by atoms with Crippen LogP contribution < -0.4 is 0 Å². The fourth-order valence-electron chi connectivity index (χ4n) is 0. The molecule has 10 heavy (non-hydrogen) atoms. The summed E-state index contributed by atoms with van der Waals surface area (Å²) in [7, 11) is 0.500. The molecule has 0 saturated heterocycles. The van der Waals surface area contributed by atoms with Gasteiger partial charge in [0.05, 0.1) is 13.9 Å². The van der Waals surface area contributed by atoms with Crippen LogP contribution in [0, 0.1) is 0 Å². The second kappa shape index (κ2) is 34.5. The van der Waals surface area contributed by atoms with E-state index >= 15 is 0 Å². The van der Waals surface area contributed by atoms with Crippen LogP contribution in [0.5, 0.6) is 0 Å². The van der Waals surface area contributed by atoms with Gasteiger partial charge in [0.1, 0.15) is 0 Å². The van der Waals surface area contributed by atoms with Gasteiger partial charge < -0.3 is 0 Å². The van der Waals surface area contributed by atoms with E-state index in [1.165, 1.54) is 19.6 Å². The molecule has 0 amide bonds. The van der Waals surface area contributed by atoms with E-state index in [0.29, 0.717) is 20.5 Å². The molecular weight excluding hydrogens is 308 g/mol. The van der Waals surface area contributed by atoms with Gasteiger partial charge in [0.15, 0.2) is 0 Å². The predicted molar refractivity (Wildman–Crippen MR) is 36.3 cm³/mol. The van der Waals surface area contributed by atoms with E-state index in [1.54, 1.807) is 0 Å². The SMILES string of the molecule is CF.[3H]CCCF.[3H]CC[N]=[W]. The summed E-state index contributed by atoms with van der Waals surface area (Å²) in [6.07, 6.45) is 0.389. The Labute approximate surface area is 75.8 Å². The summed E-state index contributed by atoms with van der Waals surface area (Å²) in [6.45, 7) is 1.04. The molecular formula is C6H15F2NW. The normalized spacial score (nSPS) is 8.70. The van der Waals surface area contributed by atoms with Crippen molar-refractivity contribution in [1.29, 1.82) is 0 Å². The number of nitrogens with zero attached hydrogens (tertiary/aromatic N) is 1. The third-order valence-corrected chi connectivity index (χ3v) is 0.881. The van der Waals surface area contributed by atoms with Crippen molar-refractivity contribution in [3.8, 4) is 0 Å². The van der Waals surface area contributed by atoms with Crippen LogP contribution in [0.2, 0.25) is 0 Å². The Morgan fingerprint density at radius 3 is 2.10 bits per heavy atom. The summed E-state index contributed by atoms with van der Waals surface area (Å²) in [5.41, 5.74) is 0. The standard InChI is InChI=1S/C3H7F.C2H5N.CH3F.W/c1-2-3-4;1-2-3;1-2;/h2-3H2,1H3;2H2,1H3;1H3;/i2*1T;;. The molecule has 0 atom stereocenters. The molecule has 0 aromatic carbocycles. The molecule has 0 aromatic rings. The van der Waals surface area contributed by atoms with E-state index in [1.807, 2.05) is 0 Å². The predicted octanol–water partition coefficient (Wildman–Crippen LogP) is 2.69. The number of hydrogen-bond acceptors (Lipinski definition) is 1. The van der Waals surface area contributed by atoms with Gasteiger partial charge in [-0.05, 0) is 6.42 Å². The molecule has 0 saturated carbocycles. The van der Waals surface area contributed by atoms with Crippen LogP contribution in [0.1, 0.15) is 23.0 Å². The molecule has 0 unspecified atom stereocenters. The van der Waals surface area contributed by atoms with Crippen molar-refractivity contribution in [2.75, 3.05) is 20.4 Å². The molecule has 0 aliphatic carbocycles. The Morgan fingerprint density at radius 2 is 2.10 bits per heavy atom. The third kappa shape index (κ3) is 81.7. The first-order valence-electron chi connectivity index (χ1n) is 4.06. The molecule has 0 heterocycles. The van der Waals surface area contributed by atoms with E-state index in [2.05, 4.69) is 3.50 Å². The van der Waals surface area contributed by atoms with Crippen molar-refractivity contribution in [2.45, 2.75) is 20.2 Å². The van der Waals surface area contributed by atoms with Crippen LogP contribution in [-0.2, 0) is 19.6 Å². The van der Waals surface area contributed by atoms with Crippen molar-refractivity contribution in [3.63, 3.8) is 0 Å². The molecule has 0 bridgehead atoms. The van der Waals surface area contributed by atoms with Gasteiger partial charge in [0.2, 0.25) is 0 Å². The maximum absolute atomic E-state index is 10.9. The first kappa shape index (κ1) is 10.3. The Morgan fingerprint density at radius 1 is 1.50 bits per heavy atom. The van der Waals surface area contributed by atoms with Gasteiger partial charge in [-0.15, -0.1) is 0 Å². The van der Waals surface area contributed by atoms with Crippen LogP contribution in [0.4, 0.5) is 8.78 Å². The summed E-state index contributed by atoms with van der Waals surface area (Å²) in [4.78, 5) is 0. The number of hydrogen-bond donors (Lipinski definition) is 0. The molecule has 0 spiro atoms. The Bertz CT molecular complexity index is 67.5. The molecule has 64 valence electrons. The van der Waals surface area contributed by atoms with Gasteiger partial charge in [-0.1, -0.05) is 6.90 Å². The van der Waals surface area contributed by atoms with Gasteiger partial charge in [-0.2, -0.15) is 0 Å². The van der Waals surface area contributed by atoms with E-state index in [0.717, 1.165) is 6.54 Å². The van der Waals surface area contributed by atoms with Crippen LogP contribution >= 0.6 is 0 Å². The van der Waals surface area contributed by atoms with Crippen LogP contribution in [0.15, 0.2) is 3.50 Å². The van der Waals surface area contributed by atoms with Crippen molar-refractivity contribution in [1.82, 2.24) is 0 Å². The number of halogens is 2. The van der Waals surface area contributed by atoms with Crippen molar-refractivity contribution < 1.29 is 31.2 Å². The minimum atomic E-state index is -0.344. The second-order valence-electron chi connectivity index (χ2n) is 0.895. The molecule has 0 rings (SSSR count). The summed E-state index contributed by atoms with van der Waals surface area (Å²) in [6, 6.07) is 0. The Hall–Kier alpha value is 0.348. The first-order valence-corrected chi connectivity index (χ1v) is 3.96. The van der Waals surface area contributed by atoms with Gasteiger partial charge in [0.25, 0.3) is 0 Å². The zero-order chi connectivity index (χ0) is 10.2. The van der Waals surface area contributed by atoms with E-state index in [-0.39, 0.29) is 13.6 Å². The van der Waals surface area contributed by atoms with Gasteiger partial charge >= 0.3 is 37.9 Å². The average Bonchev–Trinajstić information content (AvgIpc) is 2.12. The molecule has 0 aliphatic heterocycles. The summed E-state index contributed by atoms with van der Waals surface area (Å²) < 4.78 is 37.0. The quantitative estimate of drug-likeness (QED) is 0.740. The third-order valence-electron chi connectivity index (χ3n) is 0.225. The van der Waals surface area contributed by atoms with E-state index < -0.39 is 0 Å². The van der Waals surface area contributed by atoms with Gasteiger partial charge in [-0.3, -0.25) is 8.78 Å². The van der Waals surface area contributed by atoms with Crippen LogP contribution in [0.3, 0.4) is 0 Å². The topological polar surface area (TPSA) is 12.4 Å². The molecule has 4 heteroatoms. The van der Waals surface area contributed by atoms with Crippen molar-refractivity contribution in [3.05, 3.63) is 0 Å². The van der Waals surface area contributed by atoms with E-state index in [4.69, 9.17) is 2.74 Å².